The number of hydrogen-bond donors (Lipinski definition) is 3. The van der Waals surface area contributed by atoms with Crippen molar-refractivity contribution in [3.8, 4) is 0 Å². The Morgan fingerprint density at radius 1 is 0.297 bits per heavy atom. The lowest BCUT2D eigenvalue weighted by molar-refractivity contribution is -0.161. The molecule has 2 unspecified atom stereocenters. The van der Waals surface area contributed by atoms with Gasteiger partial charge in [-0.05, 0) is 43.4 Å². The van der Waals surface area contributed by atoms with E-state index in [1.54, 1.807) is 0 Å². The molecule has 0 aromatic carbocycles. The van der Waals surface area contributed by atoms with Gasteiger partial charge in [-0.1, -0.05) is 312 Å². The number of phosphoric acid groups is 2. The highest BCUT2D eigenvalue weighted by molar-refractivity contribution is 7.47. The van der Waals surface area contributed by atoms with Crippen molar-refractivity contribution in [3.05, 3.63) is 0 Å². The number of rotatable bonds is 70. The van der Waals surface area contributed by atoms with Crippen LogP contribution in [0.1, 0.15) is 363 Å². The van der Waals surface area contributed by atoms with Gasteiger partial charge >= 0.3 is 39.5 Å². The van der Waals surface area contributed by atoms with Crippen LogP contribution in [-0.2, 0) is 65.4 Å². The number of aliphatic hydroxyl groups excluding tert-OH is 1. The van der Waals surface area contributed by atoms with Crippen molar-refractivity contribution in [2.75, 3.05) is 39.6 Å². The van der Waals surface area contributed by atoms with Gasteiger partial charge in [0.15, 0.2) is 12.2 Å². The summed E-state index contributed by atoms with van der Waals surface area (Å²) in [4.78, 5) is 72.6. The number of ether oxygens (including phenoxy) is 4. The van der Waals surface area contributed by atoms with Crippen LogP contribution in [0.5, 0.6) is 0 Å². The van der Waals surface area contributed by atoms with E-state index >= 15 is 0 Å². The van der Waals surface area contributed by atoms with Crippen molar-refractivity contribution in [3.63, 3.8) is 0 Å². The number of aliphatic hydroxyl groups is 1. The summed E-state index contributed by atoms with van der Waals surface area (Å²) >= 11 is 0. The summed E-state index contributed by atoms with van der Waals surface area (Å²) in [7, 11) is -9.90. The van der Waals surface area contributed by atoms with Crippen LogP contribution < -0.4 is 0 Å². The fourth-order valence-corrected chi connectivity index (χ4v) is 12.5. The quantitative estimate of drug-likeness (QED) is 0.0222. The lowest BCUT2D eigenvalue weighted by atomic mass is 10.0. The Kier molecular flexibility index (Phi) is 61.5. The van der Waals surface area contributed by atoms with Gasteiger partial charge in [-0.15, -0.1) is 0 Å². The van der Waals surface area contributed by atoms with Crippen LogP contribution in [0.2, 0.25) is 0 Å². The molecule has 0 rings (SSSR count). The smallest absolute Gasteiger partial charge is 0.462 e. The molecule has 19 heteroatoms. The molecule has 17 nitrogen and oxygen atoms in total. The van der Waals surface area contributed by atoms with Gasteiger partial charge in [-0.2, -0.15) is 0 Å². The van der Waals surface area contributed by atoms with Crippen molar-refractivity contribution in [1.82, 2.24) is 0 Å². The minimum atomic E-state index is -4.95. The van der Waals surface area contributed by atoms with Gasteiger partial charge < -0.3 is 33.8 Å². The third-order valence-corrected chi connectivity index (χ3v) is 18.5. The minimum absolute atomic E-state index is 0.102. The van der Waals surface area contributed by atoms with Crippen molar-refractivity contribution < 1.29 is 80.2 Å². The average Bonchev–Trinajstić information content (AvgIpc) is 3.71. The fourth-order valence-electron chi connectivity index (χ4n) is 10.9. The van der Waals surface area contributed by atoms with Gasteiger partial charge in [0.2, 0.25) is 0 Å². The summed E-state index contributed by atoms with van der Waals surface area (Å²) in [6.45, 7) is 11.7. The number of phosphoric ester groups is 2. The highest BCUT2D eigenvalue weighted by Crippen LogP contribution is 2.45. The van der Waals surface area contributed by atoms with Gasteiger partial charge in [0.25, 0.3) is 0 Å². The predicted octanol–water partition coefficient (Wildman–Crippen LogP) is 20.6. The summed E-state index contributed by atoms with van der Waals surface area (Å²) in [6, 6.07) is 0. The number of unbranched alkanes of at least 4 members (excludes halogenated alkanes) is 38. The number of hydrogen-bond acceptors (Lipinski definition) is 15. The van der Waals surface area contributed by atoms with Crippen molar-refractivity contribution in [2.24, 2.45) is 17.8 Å². The van der Waals surface area contributed by atoms with E-state index in [9.17, 15) is 43.2 Å². The predicted molar refractivity (Wildman–Crippen MR) is 368 cm³/mol. The Morgan fingerprint density at radius 3 is 0.747 bits per heavy atom. The summed E-state index contributed by atoms with van der Waals surface area (Å²) in [5, 5.41) is 10.6. The molecule has 0 heterocycles. The third-order valence-electron chi connectivity index (χ3n) is 16.6. The zero-order chi connectivity index (χ0) is 67.3. The SMILES string of the molecule is CCCCCCCCCCCCCCCCCCC(=O)OC[C@H](COP(=O)(O)OC[C@@H](O)COP(=O)(O)OC[C@@H](COC(=O)CCCCCCCCC(C)C)OC(=O)CCCCCCCCCC(C)C)OC(=O)CCCCCCCCCCCCCCCC(C)C. The Hall–Kier alpha value is -1.94. The highest BCUT2D eigenvalue weighted by atomic mass is 31.2. The molecule has 0 saturated carbocycles. The molecule has 0 aliphatic carbocycles. The van der Waals surface area contributed by atoms with Crippen LogP contribution in [0.15, 0.2) is 0 Å². The molecule has 0 fully saturated rings. The molecule has 0 aliphatic rings. The lowest BCUT2D eigenvalue weighted by Crippen LogP contribution is -2.30. The number of carbonyl (C=O) groups excluding carboxylic acids is 4. The van der Waals surface area contributed by atoms with Crippen LogP contribution in [0.25, 0.3) is 0 Å². The molecule has 5 atom stereocenters. The fraction of sp³-hybridized carbons (Fsp3) is 0.944. The maximum absolute atomic E-state index is 13.0. The zero-order valence-electron chi connectivity index (χ0n) is 59.3. The third kappa shape index (κ3) is 66.5. The first-order valence-electron chi connectivity index (χ1n) is 37.3. The normalized spacial score (nSPS) is 14.2. The summed E-state index contributed by atoms with van der Waals surface area (Å²) in [5.41, 5.74) is 0. The standard InChI is InChI=1S/C72H140O17P2/c1-8-9-10-11-12-13-14-15-16-17-20-23-26-31-39-46-53-69(74)82-59-67(88-71(76)55-48-41-32-27-24-21-18-19-22-25-29-36-43-50-63(2)3)61-86-90(78,79)84-57-66(73)58-85-91(80,81)87-62-68(60-83-70(75)54-47-40-35-34-38-45-52-65(6)7)89-72(77)56-49-42-33-28-30-37-44-51-64(4)5/h63-68,73H,8-62H2,1-7H3,(H,78,79)(H,80,81)/t66-,67-,68-/m1/s1. The van der Waals surface area contributed by atoms with Gasteiger partial charge in [-0.3, -0.25) is 37.3 Å². The number of carbonyl (C=O) groups is 4. The highest BCUT2D eigenvalue weighted by Gasteiger charge is 2.30. The molecule has 540 valence electrons. The molecule has 0 aliphatic heterocycles. The first-order chi connectivity index (χ1) is 43.7. The monoisotopic (exact) mass is 1340 g/mol. The van der Waals surface area contributed by atoms with Gasteiger partial charge in [0.05, 0.1) is 26.4 Å². The van der Waals surface area contributed by atoms with E-state index < -0.39 is 97.5 Å². The van der Waals surface area contributed by atoms with Gasteiger partial charge in [-0.25, -0.2) is 9.13 Å². The van der Waals surface area contributed by atoms with E-state index in [1.807, 2.05) is 0 Å². The van der Waals surface area contributed by atoms with Crippen molar-refractivity contribution in [2.45, 2.75) is 381 Å². The van der Waals surface area contributed by atoms with E-state index in [-0.39, 0.29) is 25.7 Å². The van der Waals surface area contributed by atoms with E-state index in [1.165, 1.54) is 167 Å². The molecule has 0 radical (unpaired) electrons. The van der Waals surface area contributed by atoms with E-state index in [2.05, 4.69) is 48.5 Å². The molecule has 0 saturated heterocycles. The van der Waals surface area contributed by atoms with E-state index in [0.717, 1.165) is 102 Å². The summed E-state index contributed by atoms with van der Waals surface area (Å²) < 4.78 is 68.3. The molecular formula is C72H140O17P2. The number of esters is 4. The lowest BCUT2D eigenvalue weighted by Gasteiger charge is -2.21. The van der Waals surface area contributed by atoms with Crippen LogP contribution in [0.4, 0.5) is 0 Å². The molecule has 3 N–H and O–H groups in total. The Labute approximate surface area is 556 Å². The maximum atomic E-state index is 13.0. The van der Waals surface area contributed by atoms with Gasteiger partial charge in [0.1, 0.15) is 19.3 Å². The van der Waals surface area contributed by atoms with Crippen molar-refractivity contribution in [1.29, 1.82) is 0 Å². The second kappa shape index (κ2) is 62.8. The second-order valence-electron chi connectivity index (χ2n) is 27.4. The first-order valence-corrected chi connectivity index (χ1v) is 40.3. The molecule has 0 aromatic heterocycles. The maximum Gasteiger partial charge on any atom is 0.472 e. The Morgan fingerprint density at radius 2 is 0.505 bits per heavy atom. The second-order valence-corrected chi connectivity index (χ2v) is 30.3. The molecular weight excluding hydrogens is 1200 g/mol. The van der Waals surface area contributed by atoms with Crippen LogP contribution in [0, 0.1) is 17.8 Å². The molecule has 0 aromatic rings. The van der Waals surface area contributed by atoms with Crippen LogP contribution >= 0.6 is 15.6 Å². The topological polar surface area (TPSA) is 237 Å². The zero-order valence-corrected chi connectivity index (χ0v) is 61.1. The minimum Gasteiger partial charge on any atom is -0.462 e. The van der Waals surface area contributed by atoms with Crippen molar-refractivity contribution >= 4 is 39.5 Å². The Balaban J connectivity index is 5.23. The molecule has 0 spiro atoms. The van der Waals surface area contributed by atoms with E-state index in [4.69, 9.17) is 37.0 Å². The van der Waals surface area contributed by atoms with Crippen LogP contribution in [-0.4, -0.2) is 96.7 Å². The molecule has 0 amide bonds. The molecule has 0 bridgehead atoms. The first kappa shape index (κ1) is 89.1. The Bertz CT molecular complexity index is 1780. The molecule has 91 heavy (non-hydrogen) atoms. The van der Waals surface area contributed by atoms with E-state index in [0.29, 0.717) is 37.5 Å². The largest absolute Gasteiger partial charge is 0.472 e. The summed E-state index contributed by atoms with van der Waals surface area (Å²) in [6.07, 6.45) is 47.5. The van der Waals surface area contributed by atoms with Gasteiger partial charge in [0, 0.05) is 25.7 Å². The van der Waals surface area contributed by atoms with Crippen LogP contribution in [0.3, 0.4) is 0 Å². The summed E-state index contributed by atoms with van der Waals surface area (Å²) in [5.74, 6) is 0.0345. The average molecular weight is 1340 g/mol.